The smallest absolute Gasteiger partial charge is 0.407 e. The highest BCUT2D eigenvalue weighted by Crippen LogP contribution is 2.17. The third-order valence-corrected chi connectivity index (χ3v) is 3.40. The van der Waals surface area contributed by atoms with Gasteiger partial charge in [-0.25, -0.2) is 9.59 Å². The number of hydrogen-bond acceptors (Lipinski definition) is 5. The number of nitrogens with one attached hydrogen (secondary N) is 1. The van der Waals surface area contributed by atoms with Gasteiger partial charge in [-0.15, -0.1) is 0 Å². The molecule has 8 heteroatoms. The fourth-order valence-corrected chi connectivity index (χ4v) is 2.09. The van der Waals surface area contributed by atoms with Gasteiger partial charge in [0.2, 0.25) is 0 Å². The van der Waals surface area contributed by atoms with Crippen LogP contribution in [0.5, 0.6) is 0 Å². The van der Waals surface area contributed by atoms with E-state index < -0.39 is 17.0 Å². The lowest BCUT2D eigenvalue weighted by molar-refractivity contribution is -0.384. The third-order valence-electron chi connectivity index (χ3n) is 3.40. The Kier molecular flexibility index (Phi) is 6.91. The van der Waals surface area contributed by atoms with Crippen molar-refractivity contribution in [1.29, 1.82) is 0 Å². The number of amides is 1. The van der Waals surface area contributed by atoms with Crippen LogP contribution in [0.3, 0.4) is 0 Å². The standard InChI is InChI=1S/C19H16N2O6/c22-18(23)17-12-16(21(25)26)10-9-15(17)8-4-5-11-20-19(24)27-13-14-6-2-1-3-7-14/h1-3,6-7,9-10,12H,5,11,13H2,(H,20,24)(H,22,23). The molecule has 27 heavy (non-hydrogen) atoms. The van der Waals surface area contributed by atoms with Crippen LogP contribution in [-0.2, 0) is 11.3 Å². The van der Waals surface area contributed by atoms with Crippen molar-refractivity contribution in [3.63, 3.8) is 0 Å². The Morgan fingerprint density at radius 2 is 1.93 bits per heavy atom. The lowest BCUT2D eigenvalue weighted by Crippen LogP contribution is -2.24. The number of aromatic carboxylic acids is 1. The molecule has 2 rings (SSSR count). The van der Waals surface area contributed by atoms with E-state index in [-0.39, 0.29) is 36.4 Å². The van der Waals surface area contributed by atoms with Gasteiger partial charge in [0, 0.05) is 30.7 Å². The first kappa shape index (κ1) is 19.5. The summed E-state index contributed by atoms with van der Waals surface area (Å²) in [6.45, 7) is 0.374. The maximum atomic E-state index is 11.6. The number of carboxylic acids is 1. The number of benzene rings is 2. The minimum absolute atomic E-state index is 0.156. The number of alkyl carbamates (subject to hydrolysis) is 1. The van der Waals surface area contributed by atoms with Crippen molar-refractivity contribution in [2.75, 3.05) is 6.54 Å². The van der Waals surface area contributed by atoms with Gasteiger partial charge >= 0.3 is 12.1 Å². The number of carboxylic acid groups (broad SMARTS) is 1. The summed E-state index contributed by atoms with van der Waals surface area (Å²) in [4.78, 5) is 32.8. The molecule has 2 N–H and O–H groups in total. The van der Waals surface area contributed by atoms with E-state index in [0.29, 0.717) is 0 Å². The molecule has 0 atom stereocenters. The second kappa shape index (κ2) is 9.58. The van der Waals surface area contributed by atoms with Gasteiger partial charge in [-0.3, -0.25) is 10.1 Å². The number of nitro benzene ring substituents is 1. The number of rotatable bonds is 6. The van der Waals surface area contributed by atoms with Crippen LogP contribution in [-0.4, -0.2) is 28.6 Å². The summed E-state index contributed by atoms with van der Waals surface area (Å²) in [7, 11) is 0. The molecule has 0 aliphatic carbocycles. The number of ether oxygens (including phenoxy) is 1. The summed E-state index contributed by atoms with van der Waals surface area (Å²) >= 11 is 0. The van der Waals surface area contributed by atoms with Crippen LogP contribution in [0.1, 0.15) is 27.9 Å². The summed E-state index contributed by atoms with van der Waals surface area (Å²) < 4.78 is 5.04. The molecule has 1 amide bonds. The van der Waals surface area contributed by atoms with Crippen molar-refractivity contribution in [2.45, 2.75) is 13.0 Å². The first-order valence-corrected chi connectivity index (χ1v) is 7.92. The van der Waals surface area contributed by atoms with E-state index in [1.165, 1.54) is 12.1 Å². The molecule has 0 aromatic heterocycles. The second-order valence-electron chi connectivity index (χ2n) is 5.33. The summed E-state index contributed by atoms with van der Waals surface area (Å²) in [6.07, 6.45) is -0.321. The zero-order chi connectivity index (χ0) is 19.6. The number of carbonyl (C=O) groups is 2. The average Bonchev–Trinajstić information content (AvgIpc) is 2.66. The quantitative estimate of drug-likeness (QED) is 0.350. The molecule has 0 fully saturated rings. The highest BCUT2D eigenvalue weighted by Gasteiger charge is 2.14. The van der Waals surface area contributed by atoms with E-state index >= 15 is 0 Å². The normalized spacial score (nSPS) is 9.63. The van der Waals surface area contributed by atoms with Crippen molar-refractivity contribution in [1.82, 2.24) is 5.32 Å². The number of carbonyl (C=O) groups excluding carboxylic acids is 1. The molecule has 2 aromatic carbocycles. The summed E-state index contributed by atoms with van der Waals surface area (Å²) in [5.74, 6) is 4.07. The Morgan fingerprint density at radius 1 is 1.19 bits per heavy atom. The molecular formula is C19H16N2O6. The molecule has 138 valence electrons. The van der Waals surface area contributed by atoms with Gasteiger partial charge in [-0.05, 0) is 11.6 Å². The van der Waals surface area contributed by atoms with E-state index in [1.54, 1.807) is 0 Å². The SMILES string of the molecule is O=C(NCCC#Cc1ccc([N+](=O)[O-])cc1C(=O)O)OCc1ccccc1. The van der Waals surface area contributed by atoms with Gasteiger partial charge in [-0.2, -0.15) is 0 Å². The topological polar surface area (TPSA) is 119 Å². The van der Waals surface area contributed by atoms with Gasteiger partial charge in [0.25, 0.3) is 5.69 Å². The number of non-ortho nitro benzene ring substituents is 1. The largest absolute Gasteiger partial charge is 0.478 e. The van der Waals surface area contributed by atoms with Crippen LogP contribution in [0.25, 0.3) is 0 Å². The van der Waals surface area contributed by atoms with Crippen LogP contribution in [0.2, 0.25) is 0 Å². The summed E-state index contributed by atoms with van der Waals surface area (Å²) in [5.41, 5.74) is 0.472. The second-order valence-corrected chi connectivity index (χ2v) is 5.33. The average molecular weight is 368 g/mol. The zero-order valence-corrected chi connectivity index (χ0v) is 14.2. The highest BCUT2D eigenvalue weighted by atomic mass is 16.6. The minimum atomic E-state index is -1.30. The molecule has 0 saturated carbocycles. The Hall–Kier alpha value is -3.86. The number of nitrogens with zero attached hydrogens (tertiary/aromatic N) is 1. The Labute approximate surface area is 154 Å². The Morgan fingerprint density at radius 3 is 2.59 bits per heavy atom. The van der Waals surface area contributed by atoms with Gasteiger partial charge in [0.15, 0.2) is 0 Å². The fraction of sp³-hybridized carbons (Fsp3) is 0.158. The van der Waals surface area contributed by atoms with Crippen molar-refractivity contribution in [2.24, 2.45) is 0 Å². The van der Waals surface area contributed by atoms with E-state index in [1.807, 2.05) is 30.3 Å². The fourth-order valence-electron chi connectivity index (χ4n) is 2.09. The third kappa shape index (κ3) is 6.17. The summed E-state index contributed by atoms with van der Waals surface area (Å²) in [6, 6.07) is 12.7. The van der Waals surface area contributed by atoms with Crippen LogP contribution in [0.15, 0.2) is 48.5 Å². The molecule has 8 nitrogen and oxygen atoms in total. The van der Waals surface area contributed by atoms with Crippen LogP contribution in [0.4, 0.5) is 10.5 Å². The maximum absolute atomic E-state index is 11.6. The lowest BCUT2D eigenvalue weighted by atomic mass is 10.1. The highest BCUT2D eigenvalue weighted by molar-refractivity contribution is 5.91. The van der Waals surface area contributed by atoms with Crippen molar-refractivity contribution < 1.29 is 24.4 Å². The predicted octanol–water partition coefficient (Wildman–Crippen LogP) is 2.96. The van der Waals surface area contributed by atoms with Gasteiger partial charge < -0.3 is 15.2 Å². The molecule has 0 spiro atoms. The molecule has 0 aliphatic heterocycles. The summed E-state index contributed by atoms with van der Waals surface area (Å²) in [5, 5.41) is 22.4. The number of nitro groups is 1. The van der Waals surface area contributed by atoms with Crippen molar-refractivity contribution in [3.8, 4) is 11.8 Å². The molecule has 2 aromatic rings. The van der Waals surface area contributed by atoms with Gasteiger partial charge in [0.1, 0.15) is 6.61 Å². The molecule has 0 unspecified atom stereocenters. The van der Waals surface area contributed by atoms with Crippen molar-refractivity contribution in [3.05, 3.63) is 75.3 Å². The first-order valence-electron chi connectivity index (χ1n) is 7.92. The van der Waals surface area contributed by atoms with Crippen LogP contribution in [0, 0.1) is 22.0 Å². The van der Waals surface area contributed by atoms with E-state index in [2.05, 4.69) is 17.2 Å². The van der Waals surface area contributed by atoms with E-state index in [4.69, 9.17) is 9.84 Å². The molecule has 0 aliphatic rings. The first-order chi connectivity index (χ1) is 13.0. The Balaban J connectivity index is 1.84. The maximum Gasteiger partial charge on any atom is 0.407 e. The monoisotopic (exact) mass is 368 g/mol. The molecular weight excluding hydrogens is 352 g/mol. The van der Waals surface area contributed by atoms with E-state index in [9.17, 15) is 19.7 Å². The lowest BCUT2D eigenvalue weighted by Gasteiger charge is -2.05. The molecule has 0 bridgehead atoms. The molecule has 0 heterocycles. The predicted molar refractivity (Wildman–Crippen MR) is 96.2 cm³/mol. The Bertz CT molecular complexity index is 899. The van der Waals surface area contributed by atoms with Crippen LogP contribution < -0.4 is 5.32 Å². The zero-order valence-electron chi connectivity index (χ0n) is 14.2. The molecule has 0 radical (unpaired) electrons. The van der Waals surface area contributed by atoms with Crippen LogP contribution >= 0.6 is 0 Å². The number of hydrogen-bond donors (Lipinski definition) is 2. The van der Waals surface area contributed by atoms with Gasteiger partial charge in [0.05, 0.1) is 10.5 Å². The molecule has 0 saturated heterocycles. The minimum Gasteiger partial charge on any atom is -0.478 e. The van der Waals surface area contributed by atoms with E-state index in [0.717, 1.165) is 11.6 Å². The van der Waals surface area contributed by atoms with Crippen molar-refractivity contribution >= 4 is 17.7 Å². The van der Waals surface area contributed by atoms with Gasteiger partial charge in [-0.1, -0.05) is 42.2 Å².